The van der Waals surface area contributed by atoms with Gasteiger partial charge >= 0.3 is 0 Å². The van der Waals surface area contributed by atoms with Crippen molar-refractivity contribution in [1.29, 1.82) is 0 Å². The molecule has 0 aliphatic carbocycles. The van der Waals surface area contributed by atoms with Crippen molar-refractivity contribution in [3.63, 3.8) is 0 Å². The van der Waals surface area contributed by atoms with Gasteiger partial charge in [0, 0.05) is 13.6 Å². The number of carbonyl (C=O) groups is 2. The Labute approximate surface area is 162 Å². The molecule has 1 atom stereocenters. The molecule has 0 aliphatic heterocycles. The smallest absolute Gasteiger partial charge is 0.255 e. The van der Waals surface area contributed by atoms with E-state index in [-0.39, 0.29) is 35.6 Å². The molecule has 0 saturated heterocycles. The van der Waals surface area contributed by atoms with Gasteiger partial charge in [0.1, 0.15) is 11.8 Å². The van der Waals surface area contributed by atoms with Gasteiger partial charge in [0.15, 0.2) is 0 Å². The van der Waals surface area contributed by atoms with Crippen LogP contribution in [0.25, 0.3) is 0 Å². The van der Waals surface area contributed by atoms with Crippen molar-refractivity contribution in [2.75, 3.05) is 27.2 Å². The average molecular weight is 386 g/mol. The van der Waals surface area contributed by atoms with E-state index < -0.39 is 6.04 Å². The highest BCUT2D eigenvalue weighted by Crippen LogP contribution is 2.19. The standard InChI is InChI=1S/C19H31N3O3.ClH/c1-13(2)16(18(24)22(5)12-19(3,4)11-20)21-17(23)14-9-7-8-10-15(14)25-6;/h7-10,13,16H,11-12,20H2,1-6H3,(H,21,23);1H. The third-order valence-corrected chi connectivity index (χ3v) is 4.16. The zero-order valence-electron chi connectivity index (χ0n) is 16.5. The summed E-state index contributed by atoms with van der Waals surface area (Å²) >= 11 is 0. The van der Waals surface area contributed by atoms with Gasteiger partial charge < -0.3 is 20.7 Å². The number of rotatable bonds is 8. The number of halogens is 1. The van der Waals surface area contributed by atoms with E-state index in [1.54, 1.807) is 36.2 Å². The highest BCUT2D eigenvalue weighted by atomic mass is 35.5. The summed E-state index contributed by atoms with van der Waals surface area (Å²) in [5.74, 6) is -0.0158. The maximum absolute atomic E-state index is 12.8. The first kappa shape index (κ1) is 24.2. The lowest BCUT2D eigenvalue weighted by atomic mass is 9.92. The number of nitrogens with two attached hydrogens (primary N) is 1. The first-order valence-corrected chi connectivity index (χ1v) is 8.52. The third kappa shape index (κ3) is 6.50. The molecule has 3 N–H and O–H groups in total. The molecular formula is C19H32ClN3O3. The first-order chi connectivity index (χ1) is 11.6. The Morgan fingerprint density at radius 1 is 1.27 bits per heavy atom. The summed E-state index contributed by atoms with van der Waals surface area (Å²) in [5, 5.41) is 2.85. The maximum Gasteiger partial charge on any atom is 0.255 e. The highest BCUT2D eigenvalue weighted by molar-refractivity contribution is 5.99. The molecule has 0 heterocycles. The SMILES string of the molecule is COc1ccccc1C(=O)NC(C(=O)N(C)CC(C)(C)CN)C(C)C.Cl. The van der Waals surface area contributed by atoms with Crippen LogP contribution in [0.1, 0.15) is 38.1 Å². The molecule has 0 fully saturated rings. The van der Waals surface area contributed by atoms with Crippen molar-refractivity contribution < 1.29 is 14.3 Å². The molecule has 1 rings (SSSR count). The van der Waals surface area contributed by atoms with Crippen molar-refractivity contribution >= 4 is 24.2 Å². The minimum atomic E-state index is -0.615. The van der Waals surface area contributed by atoms with E-state index >= 15 is 0 Å². The zero-order valence-corrected chi connectivity index (χ0v) is 17.4. The molecule has 0 spiro atoms. The van der Waals surface area contributed by atoms with E-state index in [0.29, 0.717) is 24.4 Å². The predicted molar refractivity (Wildman–Crippen MR) is 107 cm³/mol. The molecule has 0 bridgehead atoms. The van der Waals surface area contributed by atoms with E-state index in [4.69, 9.17) is 10.5 Å². The molecule has 0 aliphatic rings. The normalized spacial score (nSPS) is 12.2. The molecule has 0 radical (unpaired) electrons. The largest absolute Gasteiger partial charge is 0.496 e. The Bertz CT molecular complexity index is 605. The highest BCUT2D eigenvalue weighted by Gasteiger charge is 2.30. The first-order valence-electron chi connectivity index (χ1n) is 8.52. The van der Waals surface area contributed by atoms with E-state index in [2.05, 4.69) is 5.32 Å². The number of hydrogen-bond acceptors (Lipinski definition) is 4. The van der Waals surface area contributed by atoms with Gasteiger partial charge in [-0.2, -0.15) is 0 Å². The Morgan fingerprint density at radius 3 is 2.35 bits per heavy atom. The number of likely N-dealkylation sites (N-methyl/N-ethyl adjacent to an activating group) is 1. The number of ether oxygens (including phenoxy) is 1. The predicted octanol–water partition coefficient (Wildman–Crippen LogP) is 2.31. The van der Waals surface area contributed by atoms with Crippen molar-refractivity contribution in [2.45, 2.75) is 33.7 Å². The summed E-state index contributed by atoms with van der Waals surface area (Å²) < 4.78 is 5.23. The van der Waals surface area contributed by atoms with Crippen LogP contribution in [0.5, 0.6) is 5.75 Å². The van der Waals surface area contributed by atoms with Crippen LogP contribution < -0.4 is 15.8 Å². The van der Waals surface area contributed by atoms with E-state index in [9.17, 15) is 9.59 Å². The van der Waals surface area contributed by atoms with Gasteiger partial charge in [-0.15, -0.1) is 12.4 Å². The van der Waals surface area contributed by atoms with Gasteiger partial charge in [0.05, 0.1) is 12.7 Å². The Morgan fingerprint density at radius 2 is 1.85 bits per heavy atom. The molecule has 7 heteroatoms. The van der Waals surface area contributed by atoms with Crippen molar-refractivity contribution in [3.05, 3.63) is 29.8 Å². The van der Waals surface area contributed by atoms with E-state index in [0.717, 1.165) is 0 Å². The molecule has 1 unspecified atom stereocenters. The number of nitrogens with one attached hydrogen (secondary N) is 1. The second-order valence-electron chi connectivity index (χ2n) is 7.46. The quantitative estimate of drug-likeness (QED) is 0.719. The number of hydrogen-bond donors (Lipinski definition) is 2. The van der Waals surface area contributed by atoms with E-state index in [1.807, 2.05) is 27.7 Å². The number of para-hydroxylation sites is 1. The van der Waals surface area contributed by atoms with Crippen LogP contribution in [0.2, 0.25) is 0 Å². The fourth-order valence-electron chi connectivity index (χ4n) is 2.59. The van der Waals surface area contributed by atoms with Gasteiger partial charge in [-0.25, -0.2) is 0 Å². The minimum absolute atomic E-state index is 0. The molecule has 6 nitrogen and oxygen atoms in total. The fraction of sp³-hybridized carbons (Fsp3) is 0.579. The molecular weight excluding hydrogens is 354 g/mol. The lowest BCUT2D eigenvalue weighted by Gasteiger charge is -2.32. The maximum atomic E-state index is 12.8. The van der Waals surface area contributed by atoms with Gasteiger partial charge in [-0.1, -0.05) is 39.8 Å². The number of carbonyl (C=O) groups excluding carboxylic acids is 2. The summed E-state index contributed by atoms with van der Waals surface area (Å²) in [4.78, 5) is 27.1. The van der Waals surface area contributed by atoms with Crippen molar-refractivity contribution in [1.82, 2.24) is 10.2 Å². The Balaban J connectivity index is 0.00000625. The minimum Gasteiger partial charge on any atom is -0.496 e. The second kappa shape index (κ2) is 10.4. The fourth-order valence-corrected chi connectivity index (χ4v) is 2.59. The monoisotopic (exact) mass is 385 g/mol. The van der Waals surface area contributed by atoms with Gasteiger partial charge in [0.2, 0.25) is 5.91 Å². The van der Waals surface area contributed by atoms with E-state index in [1.165, 1.54) is 7.11 Å². The Hall–Kier alpha value is -1.79. The zero-order chi connectivity index (χ0) is 19.2. The summed E-state index contributed by atoms with van der Waals surface area (Å²) in [6.45, 7) is 8.84. The molecule has 1 aromatic rings. The van der Waals surface area contributed by atoms with Gasteiger partial charge in [-0.05, 0) is 30.0 Å². The second-order valence-corrected chi connectivity index (χ2v) is 7.46. The Kier molecular flexibility index (Phi) is 9.67. The summed E-state index contributed by atoms with van der Waals surface area (Å²) in [7, 11) is 3.25. The van der Waals surface area contributed by atoms with Crippen LogP contribution in [-0.4, -0.2) is 50.0 Å². The third-order valence-electron chi connectivity index (χ3n) is 4.16. The average Bonchev–Trinajstić information content (AvgIpc) is 2.58. The van der Waals surface area contributed by atoms with Crippen LogP contribution in [-0.2, 0) is 4.79 Å². The van der Waals surface area contributed by atoms with Crippen LogP contribution in [0.15, 0.2) is 24.3 Å². The molecule has 0 aromatic heterocycles. The summed E-state index contributed by atoms with van der Waals surface area (Å²) in [6, 6.07) is 6.34. The molecule has 0 saturated carbocycles. The summed E-state index contributed by atoms with van der Waals surface area (Å²) in [5.41, 5.74) is 5.99. The number of benzene rings is 1. The van der Waals surface area contributed by atoms with Crippen molar-refractivity contribution in [2.24, 2.45) is 17.1 Å². The number of methoxy groups -OCH3 is 1. The topological polar surface area (TPSA) is 84.7 Å². The number of nitrogens with zero attached hydrogens (tertiary/aromatic N) is 1. The van der Waals surface area contributed by atoms with Gasteiger partial charge in [-0.3, -0.25) is 9.59 Å². The lowest BCUT2D eigenvalue weighted by Crippen LogP contribution is -2.52. The summed E-state index contributed by atoms with van der Waals surface area (Å²) in [6.07, 6.45) is 0. The van der Waals surface area contributed by atoms with Crippen LogP contribution in [0, 0.1) is 11.3 Å². The lowest BCUT2D eigenvalue weighted by molar-refractivity contribution is -0.134. The van der Waals surface area contributed by atoms with Crippen LogP contribution >= 0.6 is 12.4 Å². The molecule has 1 aromatic carbocycles. The molecule has 148 valence electrons. The number of amides is 2. The molecule has 26 heavy (non-hydrogen) atoms. The van der Waals surface area contributed by atoms with Crippen molar-refractivity contribution in [3.8, 4) is 5.75 Å². The van der Waals surface area contributed by atoms with Crippen LogP contribution in [0.4, 0.5) is 0 Å². The van der Waals surface area contributed by atoms with Gasteiger partial charge in [0.25, 0.3) is 5.91 Å². The molecule has 2 amide bonds. The van der Waals surface area contributed by atoms with Crippen LogP contribution in [0.3, 0.4) is 0 Å².